The molecule has 0 fully saturated rings. The third-order valence-electron chi connectivity index (χ3n) is 4.90. The molecule has 4 aromatic rings. The first-order chi connectivity index (χ1) is 13.1. The summed E-state index contributed by atoms with van der Waals surface area (Å²) >= 11 is 0. The fraction of sp³-hybridized carbons (Fsp3) is 0.120. The highest BCUT2D eigenvalue weighted by atomic mass is 14.9. The quantitative estimate of drug-likeness (QED) is 0.467. The van der Waals surface area contributed by atoms with Crippen LogP contribution in [0, 0.1) is 20.8 Å². The summed E-state index contributed by atoms with van der Waals surface area (Å²) in [6.45, 7) is 6.41. The van der Waals surface area contributed by atoms with E-state index in [0.29, 0.717) is 0 Å². The molecule has 132 valence electrons. The number of pyridine rings is 2. The van der Waals surface area contributed by atoms with Crippen molar-refractivity contribution in [2.75, 3.05) is 0 Å². The molecule has 0 N–H and O–H groups in total. The topological polar surface area (TPSA) is 7.76 Å². The zero-order valence-corrected chi connectivity index (χ0v) is 16.1. The van der Waals surface area contributed by atoms with Crippen LogP contribution in [0.1, 0.15) is 16.7 Å². The van der Waals surface area contributed by atoms with E-state index in [9.17, 15) is 0 Å². The van der Waals surface area contributed by atoms with Crippen LogP contribution in [-0.4, -0.2) is 0 Å². The van der Waals surface area contributed by atoms with Crippen LogP contribution in [0.3, 0.4) is 0 Å². The van der Waals surface area contributed by atoms with Gasteiger partial charge in [-0.25, -0.2) is 0 Å². The maximum atomic E-state index is 2.20. The van der Waals surface area contributed by atoms with Crippen LogP contribution in [0.4, 0.5) is 0 Å². The average Bonchev–Trinajstić information content (AvgIpc) is 2.68. The van der Waals surface area contributed by atoms with Crippen LogP contribution in [0.2, 0.25) is 0 Å². The van der Waals surface area contributed by atoms with Gasteiger partial charge in [-0.05, 0) is 43.0 Å². The van der Waals surface area contributed by atoms with E-state index in [4.69, 9.17) is 0 Å². The highest BCUT2D eigenvalue weighted by Crippen LogP contribution is 2.21. The van der Waals surface area contributed by atoms with Gasteiger partial charge in [0.25, 0.3) is 0 Å². The number of aromatic nitrogens is 2. The Kier molecular flexibility index (Phi) is 4.55. The summed E-state index contributed by atoms with van der Waals surface area (Å²) < 4.78 is 4.34. The van der Waals surface area contributed by atoms with Crippen molar-refractivity contribution in [3.05, 3.63) is 108 Å². The van der Waals surface area contributed by atoms with Crippen molar-refractivity contribution in [3.63, 3.8) is 0 Å². The van der Waals surface area contributed by atoms with Crippen LogP contribution in [0.25, 0.3) is 22.5 Å². The maximum Gasteiger partial charge on any atom is 0.210 e. The van der Waals surface area contributed by atoms with E-state index in [2.05, 4.69) is 121 Å². The minimum absolute atomic E-state index is 1.18. The molecule has 0 saturated heterocycles. The summed E-state index contributed by atoms with van der Waals surface area (Å²) in [6.07, 6.45) is 8.60. The molecule has 0 aliphatic carbocycles. The fourth-order valence-electron chi connectivity index (χ4n) is 3.45. The summed E-state index contributed by atoms with van der Waals surface area (Å²) in [5.41, 5.74) is 8.66. The summed E-state index contributed by atoms with van der Waals surface area (Å²) in [5, 5.41) is 0. The second-order valence-corrected chi connectivity index (χ2v) is 7.12. The standard InChI is InChI=1S/C25H24N2/c1-19-6-4-8-23(16-19)26-13-10-22(11-14-26)25-12-15-27(18-21(25)3)24-9-5-7-20(2)17-24/h4-18H,1-3H3/q+2. The Morgan fingerprint density at radius 2 is 1.15 bits per heavy atom. The molecule has 0 saturated carbocycles. The molecule has 0 amide bonds. The lowest BCUT2D eigenvalue weighted by molar-refractivity contribution is -0.596. The highest BCUT2D eigenvalue weighted by molar-refractivity contribution is 5.65. The molecule has 2 aromatic carbocycles. The molecule has 2 heteroatoms. The van der Waals surface area contributed by atoms with E-state index >= 15 is 0 Å². The van der Waals surface area contributed by atoms with Crippen LogP contribution >= 0.6 is 0 Å². The Morgan fingerprint density at radius 3 is 1.70 bits per heavy atom. The van der Waals surface area contributed by atoms with Crippen LogP contribution in [0.15, 0.2) is 91.5 Å². The van der Waals surface area contributed by atoms with Gasteiger partial charge in [-0.1, -0.05) is 24.3 Å². The first-order valence-corrected chi connectivity index (χ1v) is 9.28. The van der Waals surface area contributed by atoms with E-state index in [-0.39, 0.29) is 0 Å². The van der Waals surface area contributed by atoms with Crippen molar-refractivity contribution < 1.29 is 9.13 Å². The van der Waals surface area contributed by atoms with Gasteiger partial charge in [0.15, 0.2) is 24.8 Å². The summed E-state index contributed by atoms with van der Waals surface area (Å²) in [5.74, 6) is 0. The van der Waals surface area contributed by atoms with Crippen LogP contribution in [0.5, 0.6) is 0 Å². The molecule has 0 atom stereocenters. The molecule has 2 heterocycles. The first-order valence-electron chi connectivity index (χ1n) is 9.28. The first kappa shape index (κ1) is 17.2. The molecule has 27 heavy (non-hydrogen) atoms. The smallest absolute Gasteiger partial charge is 0.167 e. The van der Waals surface area contributed by atoms with Gasteiger partial charge in [0, 0.05) is 48.0 Å². The predicted octanol–water partition coefficient (Wildman–Crippen LogP) is 4.83. The van der Waals surface area contributed by atoms with E-state index in [1.807, 2.05) is 0 Å². The third-order valence-corrected chi connectivity index (χ3v) is 4.90. The molecule has 0 spiro atoms. The maximum absolute atomic E-state index is 2.20. The summed E-state index contributed by atoms with van der Waals surface area (Å²) in [6, 6.07) is 23.7. The number of benzene rings is 2. The van der Waals surface area contributed by atoms with Gasteiger partial charge in [0.05, 0.1) is 0 Å². The Morgan fingerprint density at radius 1 is 0.593 bits per heavy atom. The van der Waals surface area contributed by atoms with E-state index in [1.165, 1.54) is 39.2 Å². The molecule has 0 bridgehead atoms. The molecule has 0 radical (unpaired) electrons. The minimum Gasteiger partial charge on any atom is -0.167 e. The van der Waals surface area contributed by atoms with Gasteiger partial charge in [-0.2, -0.15) is 9.13 Å². The van der Waals surface area contributed by atoms with Gasteiger partial charge in [-0.15, -0.1) is 0 Å². The predicted molar refractivity (Wildman–Crippen MR) is 109 cm³/mol. The van der Waals surface area contributed by atoms with Crippen molar-refractivity contribution in [1.82, 2.24) is 0 Å². The number of hydrogen-bond acceptors (Lipinski definition) is 0. The second-order valence-electron chi connectivity index (χ2n) is 7.12. The lowest BCUT2D eigenvalue weighted by atomic mass is 10.0. The molecular formula is C25H24N2+2. The van der Waals surface area contributed by atoms with Crippen molar-refractivity contribution in [2.45, 2.75) is 20.8 Å². The van der Waals surface area contributed by atoms with E-state index < -0.39 is 0 Å². The van der Waals surface area contributed by atoms with Gasteiger partial charge in [0.2, 0.25) is 11.4 Å². The minimum atomic E-state index is 1.18. The highest BCUT2D eigenvalue weighted by Gasteiger charge is 2.12. The Hall–Kier alpha value is -3.26. The number of hydrogen-bond donors (Lipinski definition) is 0. The molecule has 0 unspecified atom stereocenters. The monoisotopic (exact) mass is 352 g/mol. The lowest BCUT2D eigenvalue weighted by Gasteiger charge is -2.05. The second kappa shape index (κ2) is 7.16. The van der Waals surface area contributed by atoms with Gasteiger partial charge < -0.3 is 0 Å². The van der Waals surface area contributed by atoms with Crippen LogP contribution in [-0.2, 0) is 0 Å². The molecule has 2 nitrogen and oxygen atoms in total. The number of rotatable bonds is 3. The Balaban J connectivity index is 1.65. The molecule has 2 aromatic heterocycles. The zero-order valence-electron chi connectivity index (χ0n) is 16.1. The fourth-order valence-corrected chi connectivity index (χ4v) is 3.45. The zero-order chi connectivity index (χ0) is 18.8. The molecule has 0 aliphatic heterocycles. The largest absolute Gasteiger partial charge is 0.210 e. The Bertz CT molecular complexity index is 1100. The molecule has 0 aliphatic rings. The van der Waals surface area contributed by atoms with Gasteiger partial charge in [0.1, 0.15) is 0 Å². The SMILES string of the molecule is Cc1cccc(-[n+]2ccc(-c3cc[n+](-c4cccc(C)c4)cc3C)cc2)c1. The van der Waals surface area contributed by atoms with Crippen molar-refractivity contribution in [1.29, 1.82) is 0 Å². The third kappa shape index (κ3) is 3.65. The van der Waals surface area contributed by atoms with Crippen molar-refractivity contribution in [2.24, 2.45) is 0 Å². The van der Waals surface area contributed by atoms with Crippen molar-refractivity contribution in [3.8, 4) is 22.5 Å². The summed E-state index contributed by atoms with van der Waals surface area (Å²) in [4.78, 5) is 0. The molecular weight excluding hydrogens is 328 g/mol. The normalized spacial score (nSPS) is 10.8. The molecule has 4 rings (SSSR count). The summed E-state index contributed by atoms with van der Waals surface area (Å²) in [7, 11) is 0. The number of nitrogens with zero attached hydrogens (tertiary/aromatic N) is 2. The van der Waals surface area contributed by atoms with E-state index in [0.717, 1.165) is 0 Å². The van der Waals surface area contributed by atoms with Gasteiger partial charge in [-0.3, -0.25) is 0 Å². The Labute approximate surface area is 161 Å². The van der Waals surface area contributed by atoms with Gasteiger partial charge >= 0.3 is 0 Å². The van der Waals surface area contributed by atoms with E-state index in [1.54, 1.807) is 0 Å². The van der Waals surface area contributed by atoms with Crippen molar-refractivity contribution >= 4 is 0 Å². The number of aryl methyl sites for hydroxylation is 3. The average molecular weight is 352 g/mol. The van der Waals surface area contributed by atoms with Crippen LogP contribution < -0.4 is 9.13 Å². The lowest BCUT2D eigenvalue weighted by Crippen LogP contribution is -2.30.